The van der Waals surface area contributed by atoms with Crippen LogP contribution in [0.4, 0.5) is 17.1 Å². The van der Waals surface area contributed by atoms with Gasteiger partial charge in [-0.25, -0.2) is 0 Å². The lowest BCUT2D eigenvalue weighted by Gasteiger charge is -2.37. The number of rotatable bonds is 10. The lowest BCUT2D eigenvalue weighted by atomic mass is 9.65. The number of hydrogen-bond donors (Lipinski definition) is 0. The first-order valence-electron chi connectivity index (χ1n) is 21.7. The summed E-state index contributed by atoms with van der Waals surface area (Å²) in [7, 11) is 0. The average Bonchev–Trinajstić information content (AvgIpc) is 3.70. The first kappa shape index (κ1) is 37.8. The molecule has 0 unspecified atom stereocenters. The fourth-order valence-corrected chi connectivity index (χ4v) is 9.71. The molecule has 63 heavy (non-hydrogen) atoms. The van der Waals surface area contributed by atoms with Gasteiger partial charge in [-0.3, -0.25) is 0 Å². The van der Waals surface area contributed by atoms with Crippen molar-refractivity contribution in [3.8, 4) is 27.9 Å². The first-order valence-corrected chi connectivity index (χ1v) is 21.7. The fourth-order valence-electron chi connectivity index (χ4n) is 9.71. The molecular weight excluding hydrogens is 761 g/mol. The Morgan fingerprint density at radius 2 is 0.698 bits per heavy atom. The standard InChI is InChI=1S/C61H44N2/c1-6-21-45(22-7-1)46-37-39-52(40-38-46)62(53-32-20-31-51(43-53)61(48-25-10-3-11-26-48,49-27-12-4-13-28-49)50-29-14-5-15-30-50)54-41-42-60(57(44-54)47-23-8-2-9-24-47)63-58-35-18-16-33-55(58)56-34-17-19-36-59(56)63/h1-44H. The Balaban J connectivity index is 1.16. The summed E-state index contributed by atoms with van der Waals surface area (Å²) in [6.45, 7) is 0. The number of nitrogens with zero attached hydrogens (tertiary/aromatic N) is 2. The first-order chi connectivity index (χ1) is 31.3. The van der Waals surface area contributed by atoms with Gasteiger partial charge >= 0.3 is 0 Å². The van der Waals surface area contributed by atoms with Gasteiger partial charge in [0.2, 0.25) is 0 Å². The molecule has 1 aromatic heterocycles. The summed E-state index contributed by atoms with van der Waals surface area (Å²) in [5, 5.41) is 2.48. The monoisotopic (exact) mass is 804 g/mol. The van der Waals surface area contributed by atoms with Crippen molar-refractivity contribution >= 4 is 38.9 Å². The number of anilines is 3. The molecule has 0 amide bonds. The highest BCUT2D eigenvalue weighted by atomic mass is 15.1. The summed E-state index contributed by atoms with van der Waals surface area (Å²) in [6.07, 6.45) is 0. The van der Waals surface area contributed by atoms with Crippen molar-refractivity contribution < 1.29 is 0 Å². The van der Waals surface area contributed by atoms with Crippen LogP contribution in [-0.4, -0.2) is 4.57 Å². The molecule has 0 aliphatic rings. The molecule has 0 saturated carbocycles. The van der Waals surface area contributed by atoms with E-state index < -0.39 is 5.41 Å². The van der Waals surface area contributed by atoms with E-state index in [1.54, 1.807) is 0 Å². The summed E-state index contributed by atoms with van der Waals surface area (Å²) in [6, 6.07) is 97.0. The van der Waals surface area contributed by atoms with Gasteiger partial charge in [-0.2, -0.15) is 0 Å². The van der Waals surface area contributed by atoms with Gasteiger partial charge in [0.15, 0.2) is 0 Å². The van der Waals surface area contributed by atoms with Crippen molar-refractivity contribution in [2.45, 2.75) is 5.41 Å². The molecule has 0 radical (unpaired) electrons. The van der Waals surface area contributed by atoms with Crippen LogP contribution in [0, 0.1) is 0 Å². The normalized spacial score (nSPS) is 11.5. The molecule has 0 N–H and O–H groups in total. The van der Waals surface area contributed by atoms with Crippen LogP contribution in [-0.2, 0) is 5.41 Å². The lowest BCUT2D eigenvalue weighted by molar-refractivity contribution is 0.745. The second-order valence-electron chi connectivity index (χ2n) is 16.1. The minimum atomic E-state index is -0.599. The Kier molecular flexibility index (Phi) is 9.80. The third-order valence-corrected chi connectivity index (χ3v) is 12.5. The summed E-state index contributed by atoms with van der Waals surface area (Å²) in [5.41, 5.74) is 15.6. The van der Waals surface area contributed by atoms with Crippen LogP contribution in [0.1, 0.15) is 22.3 Å². The second-order valence-corrected chi connectivity index (χ2v) is 16.1. The number of fused-ring (bicyclic) bond motifs is 3. The van der Waals surface area contributed by atoms with Crippen LogP contribution in [0.2, 0.25) is 0 Å². The molecule has 0 saturated heterocycles. The average molecular weight is 805 g/mol. The molecule has 10 aromatic carbocycles. The van der Waals surface area contributed by atoms with Gasteiger partial charge in [0, 0.05) is 33.4 Å². The van der Waals surface area contributed by atoms with E-state index in [9.17, 15) is 0 Å². The molecule has 0 fully saturated rings. The van der Waals surface area contributed by atoms with Crippen molar-refractivity contribution in [1.82, 2.24) is 4.57 Å². The maximum Gasteiger partial charge on any atom is 0.0702 e. The van der Waals surface area contributed by atoms with Crippen LogP contribution in [0.25, 0.3) is 49.7 Å². The topological polar surface area (TPSA) is 8.17 Å². The summed E-state index contributed by atoms with van der Waals surface area (Å²) in [4.78, 5) is 2.42. The van der Waals surface area contributed by atoms with Gasteiger partial charge in [0.25, 0.3) is 0 Å². The zero-order chi connectivity index (χ0) is 42.0. The molecule has 11 rings (SSSR count). The molecule has 2 nitrogen and oxygen atoms in total. The van der Waals surface area contributed by atoms with E-state index >= 15 is 0 Å². The van der Waals surface area contributed by atoms with E-state index in [2.05, 4.69) is 276 Å². The Bertz CT molecular complexity index is 3150. The molecule has 0 aliphatic carbocycles. The van der Waals surface area contributed by atoms with Gasteiger partial charge in [0.1, 0.15) is 0 Å². The zero-order valence-electron chi connectivity index (χ0n) is 34.8. The lowest BCUT2D eigenvalue weighted by Crippen LogP contribution is -2.31. The minimum Gasteiger partial charge on any atom is -0.310 e. The number of benzene rings is 10. The van der Waals surface area contributed by atoms with Crippen molar-refractivity contribution in [2.24, 2.45) is 0 Å². The fraction of sp³-hybridized carbons (Fsp3) is 0.0164. The molecule has 1 heterocycles. The minimum absolute atomic E-state index is 0.599. The van der Waals surface area contributed by atoms with Gasteiger partial charge < -0.3 is 9.47 Å². The highest BCUT2D eigenvalue weighted by Gasteiger charge is 2.38. The number of aromatic nitrogens is 1. The van der Waals surface area contributed by atoms with E-state index in [-0.39, 0.29) is 0 Å². The molecule has 2 heteroatoms. The summed E-state index contributed by atoms with van der Waals surface area (Å²) in [5.74, 6) is 0. The third kappa shape index (κ3) is 6.70. The van der Waals surface area contributed by atoms with Gasteiger partial charge in [-0.05, 0) is 93.5 Å². The SMILES string of the molecule is c1ccc(-c2ccc(N(c3cccc(C(c4ccccc4)(c4ccccc4)c4ccccc4)c3)c3ccc(-n4c5ccccc5c5ccccc54)c(-c4ccccc4)c3)cc2)cc1. The Labute approximate surface area is 369 Å². The molecule has 0 atom stereocenters. The molecule has 0 spiro atoms. The molecule has 298 valence electrons. The summed E-state index contributed by atoms with van der Waals surface area (Å²) < 4.78 is 2.43. The van der Waals surface area contributed by atoms with E-state index in [0.717, 1.165) is 33.9 Å². The van der Waals surface area contributed by atoms with Gasteiger partial charge in [-0.1, -0.05) is 212 Å². The quantitative estimate of drug-likeness (QED) is 0.125. The van der Waals surface area contributed by atoms with E-state index in [4.69, 9.17) is 0 Å². The maximum absolute atomic E-state index is 2.43. The van der Waals surface area contributed by atoms with Crippen LogP contribution < -0.4 is 4.90 Å². The zero-order valence-corrected chi connectivity index (χ0v) is 34.8. The van der Waals surface area contributed by atoms with E-state index in [1.807, 2.05) is 0 Å². The van der Waals surface area contributed by atoms with Crippen molar-refractivity contribution in [2.75, 3.05) is 4.90 Å². The van der Waals surface area contributed by atoms with Crippen LogP contribution in [0.15, 0.2) is 267 Å². The van der Waals surface area contributed by atoms with E-state index in [1.165, 1.54) is 55.2 Å². The Morgan fingerprint density at radius 3 is 1.24 bits per heavy atom. The van der Waals surface area contributed by atoms with Crippen LogP contribution >= 0.6 is 0 Å². The highest BCUT2D eigenvalue weighted by molar-refractivity contribution is 6.09. The predicted molar refractivity (Wildman–Crippen MR) is 265 cm³/mol. The number of para-hydroxylation sites is 2. The second kappa shape index (κ2) is 16.3. The van der Waals surface area contributed by atoms with E-state index in [0.29, 0.717) is 0 Å². The largest absolute Gasteiger partial charge is 0.310 e. The summed E-state index contributed by atoms with van der Waals surface area (Å²) >= 11 is 0. The Morgan fingerprint density at radius 1 is 0.286 bits per heavy atom. The molecule has 0 bridgehead atoms. The van der Waals surface area contributed by atoms with Crippen molar-refractivity contribution in [1.29, 1.82) is 0 Å². The van der Waals surface area contributed by atoms with Crippen LogP contribution in [0.5, 0.6) is 0 Å². The number of hydrogen-bond acceptors (Lipinski definition) is 1. The Hall–Kier alpha value is -8.20. The van der Waals surface area contributed by atoms with Crippen molar-refractivity contribution in [3.05, 3.63) is 289 Å². The van der Waals surface area contributed by atoms with Gasteiger partial charge in [-0.15, -0.1) is 0 Å². The van der Waals surface area contributed by atoms with Crippen LogP contribution in [0.3, 0.4) is 0 Å². The highest BCUT2D eigenvalue weighted by Crippen LogP contribution is 2.48. The molecular formula is C61H44N2. The predicted octanol–water partition coefficient (Wildman–Crippen LogP) is 16.0. The van der Waals surface area contributed by atoms with Gasteiger partial charge in [0.05, 0.1) is 22.1 Å². The molecule has 11 aromatic rings. The third-order valence-electron chi connectivity index (χ3n) is 12.5. The molecule has 0 aliphatic heterocycles. The van der Waals surface area contributed by atoms with Crippen molar-refractivity contribution in [3.63, 3.8) is 0 Å². The smallest absolute Gasteiger partial charge is 0.0702 e. The maximum atomic E-state index is 2.43.